The van der Waals surface area contributed by atoms with Crippen LogP contribution in [0, 0.1) is 0 Å². The number of benzene rings is 1. The van der Waals surface area contributed by atoms with E-state index in [1.807, 2.05) is 4.90 Å². The standard InChI is InChI=1S/C21H28N2O5/c1-14-5-3-6-15(2)23(14)19(24)13-28-17-10-8-16(9-11-17)20(25)22-12-4-7-18(22)21(26)27/h8-11,14-15,18H,3-7,12-13H2,1-2H3,(H,26,27)/t14?,15?,18-/m0/s1. The zero-order chi connectivity index (χ0) is 20.3. The van der Waals surface area contributed by atoms with E-state index in [9.17, 15) is 19.5 Å². The first-order valence-corrected chi connectivity index (χ1v) is 9.96. The van der Waals surface area contributed by atoms with Crippen molar-refractivity contribution in [2.24, 2.45) is 0 Å². The predicted molar refractivity (Wildman–Crippen MR) is 103 cm³/mol. The Balaban J connectivity index is 1.58. The van der Waals surface area contributed by atoms with E-state index in [0.29, 0.717) is 30.7 Å². The number of carbonyl (C=O) groups is 3. The van der Waals surface area contributed by atoms with Gasteiger partial charge in [0, 0.05) is 24.2 Å². The predicted octanol–water partition coefficient (Wildman–Crippen LogP) is 2.54. The second-order valence-electron chi connectivity index (χ2n) is 7.74. The van der Waals surface area contributed by atoms with Crippen molar-refractivity contribution in [3.63, 3.8) is 0 Å². The van der Waals surface area contributed by atoms with Gasteiger partial charge in [-0.2, -0.15) is 0 Å². The number of likely N-dealkylation sites (tertiary alicyclic amines) is 2. The van der Waals surface area contributed by atoms with Crippen molar-refractivity contribution in [3.8, 4) is 5.75 Å². The smallest absolute Gasteiger partial charge is 0.326 e. The SMILES string of the molecule is CC1CCCC(C)N1C(=O)COc1ccc(C(=O)N2CCC[C@H]2C(=O)O)cc1. The maximum Gasteiger partial charge on any atom is 0.326 e. The molecule has 2 amide bonds. The molecule has 1 aromatic rings. The van der Waals surface area contributed by atoms with Gasteiger partial charge < -0.3 is 19.6 Å². The molecular formula is C21H28N2O5. The van der Waals surface area contributed by atoms with Crippen LogP contribution in [0.1, 0.15) is 56.3 Å². The first kappa shape index (κ1) is 20.2. The molecule has 0 spiro atoms. The van der Waals surface area contributed by atoms with E-state index in [-0.39, 0.29) is 30.5 Å². The van der Waals surface area contributed by atoms with E-state index in [1.54, 1.807) is 24.3 Å². The van der Waals surface area contributed by atoms with E-state index >= 15 is 0 Å². The maximum atomic E-state index is 12.6. The Bertz CT molecular complexity index is 723. The van der Waals surface area contributed by atoms with Crippen molar-refractivity contribution in [1.29, 1.82) is 0 Å². The molecule has 7 heteroatoms. The van der Waals surface area contributed by atoms with Crippen LogP contribution in [0.15, 0.2) is 24.3 Å². The highest BCUT2D eigenvalue weighted by molar-refractivity contribution is 5.97. The van der Waals surface area contributed by atoms with Gasteiger partial charge in [-0.05, 0) is 70.2 Å². The summed E-state index contributed by atoms with van der Waals surface area (Å²) in [6.45, 7) is 4.55. The number of nitrogens with zero attached hydrogens (tertiary/aromatic N) is 2. The van der Waals surface area contributed by atoms with Gasteiger partial charge in [0.2, 0.25) is 0 Å². The molecule has 0 bridgehead atoms. The molecule has 0 aromatic heterocycles. The van der Waals surface area contributed by atoms with Crippen molar-refractivity contribution < 1.29 is 24.2 Å². The van der Waals surface area contributed by atoms with Crippen LogP contribution >= 0.6 is 0 Å². The Morgan fingerprint density at radius 3 is 2.29 bits per heavy atom. The lowest BCUT2D eigenvalue weighted by Crippen LogP contribution is -2.49. The van der Waals surface area contributed by atoms with E-state index < -0.39 is 12.0 Å². The molecule has 2 fully saturated rings. The topological polar surface area (TPSA) is 87.2 Å². The summed E-state index contributed by atoms with van der Waals surface area (Å²) in [5.74, 6) is -0.770. The highest BCUT2D eigenvalue weighted by atomic mass is 16.5. The largest absolute Gasteiger partial charge is 0.484 e. The summed E-state index contributed by atoms with van der Waals surface area (Å²) in [6.07, 6.45) is 4.35. The van der Waals surface area contributed by atoms with Crippen LogP contribution in [-0.4, -0.2) is 64.0 Å². The first-order valence-electron chi connectivity index (χ1n) is 9.96. The highest BCUT2D eigenvalue weighted by Gasteiger charge is 2.34. The number of rotatable bonds is 5. The molecule has 1 aromatic carbocycles. The van der Waals surface area contributed by atoms with Gasteiger partial charge in [-0.15, -0.1) is 0 Å². The van der Waals surface area contributed by atoms with E-state index in [0.717, 1.165) is 19.3 Å². The van der Waals surface area contributed by atoms with E-state index in [4.69, 9.17) is 4.74 Å². The summed E-state index contributed by atoms with van der Waals surface area (Å²) >= 11 is 0. The third-order valence-electron chi connectivity index (χ3n) is 5.74. The normalized spacial score (nSPS) is 24.9. The van der Waals surface area contributed by atoms with Gasteiger partial charge in [0.1, 0.15) is 11.8 Å². The van der Waals surface area contributed by atoms with Gasteiger partial charge in [0.15, 0.2) is 6.61 Å². The molecular weight excluding hydrogens is 360 g/mol. The van der Waals surface area contributed by atoms with Crippen LogP contribution in [-0.2, 0) is 9.59 Å². The molecule has 2 saturated heterocycles. The number of piperidine rings is 1. The Labute approximate surface area is 165 Å². The van der Waals surface area contributed by atoms with Gasteiger partial charge in [-0.25, -0.2) is 4.79 Å². The lowest BCUT2D eigenvalue weighted by Gasteiger charge is -2.38. The lowest BCUT2D eigenvalue weighted by molar-refractivity contribution is -0.141. The monoisotopic (exact) mass is 388 g/mol. The van der Waals surface area contributed by atoms with Crippen LogP contribution in [0.25, 0.3) is 0 Å². The summed E-state index contributed by atoms with van der Waals surface area (Å²) in [5, 5.41) is 9.24. The van der Waals surface area contributed by atoms with Crippen LogP contribution in [0.2, 0.25) is 0 Å². The summed E-state index contributed by atoms with van der Waals surface area (Å²) in [5.41, 5.74) is 0.421. The average molecular weight is 388 g/mol. The zero-order valence-electron chi connectivity index (χ0n) is 16.5. The van der Waals surface area contributed by atoms with Crippen LogP contribution in [0.3, 0.4) is 0 Å². The van der Waals surface area contributed by atoms with Crippen molar-refractivity contribution >= 4 is 17.8 Å². The quantitative estimate of drug-likeness (QED) is 0.838. The number of carbonyl (C=O) groups excluding carboxylic acids is 2. The summed E-state index contributed by atoms with van der Waals surface area (Å²) in [6, 6.07) is 6.22. The van der Waals surface area contributed by atoms with Gasteiger partial charge in [0.25, 0.3) is 11.8 Å². The number of hydrogen-bond acceptors (Lipinski definition) is 4. The molecule has 152 valence electrons. The molecule has 1 N–H and O–H groups in total. The highest BCUT2D eigenvalue weighted by Crippen LogP contribution is 2.24. The zero-order valence-corrected chi connectivity index (χ0v) is 16.5. The molecule has 2 heterocycles. The fourth-order valence-corrected chi connectivity index (χ4v) is 4.26. The Hall–Kier alpha value is -2.57. The van der Waals surface area contributed by atoms with Gasteiger partial charge >= 0.3 is 5.97 Å². The van der Waals surface area contributed by atoms with Crippen LogP contribution in [0.5, 0.6) is 5.75 Å². The van der Waals surface area contributed by atoms with Crippen LogP contribution < -0.4 is 4.74 Å². The summed E-state index contributed by atoms with van der Waals surface area (Å²) in [4.78, 5) is 39.7. The number of hydrogen-bond donors (Lipinski definition) is 1. The minimum absolute atomic E-state index is 0.0266. The first-order chi connectivity index (χ1) is 13.4. The van der Waals surface area contributed by atoms with Crippen molar-refractivity contribution in [1.82, 2.24) is 9.80 Å². The van der Waals surface area contributed by atoms with Gasteiger partial charge in [-0.3, -0.25) is 9.59 Å². The molecule has 0 radical (unpaired) electrons. The molecule has 3 atom stereocenters. The Kier molecular flexibility index (Phi) is 6.21. The molecule has 0 aliphatic carbocycles. The molecule has 28 heavy (non-hydrogen) atoms. The number of amides is 2. The van der Waals surface area contributed by atoms with Crippen molar-refractivity contribution in [3.05, 3.63) is 29.8 Å². The number of ether oxygens (including phenoxy) is 1. The van der Waals surface area contributed by atoms with Crippen LogP contribution in [0.4, 0.5) is 0 Å². The summed E-state index contributed by atoms with van der Waals surface area (Å²) < 4.78 is 5.63. The molecule has 7 nitrogen and oxygen atoms in total. The Morgan fingerprint density at radius 2 is 1.68 bits per heavy atom. The van der Waals surface area contributed by atoms with E-state index in [1.165, 1.54) is 4.90 Å². The lowest BCUT2D eigenvalue weighted by atomic mass is 9.97. The minimum atomic E-state index is -0.967. The molecule has 3 rings (SSSR count). The minimum Gasteiger partial charge on any atom is -0.484 e. The molecule has 2 aliphatic heterocycles. The molecule has 2 aliphatic rings. The fraction of sp³-hybridized carbons (Fsp3) is 0.571. The van der Waals surface area contributed by atoms with Gasteiger partial charge in [0.05, 0.1) is 0 Å². The van der Waals surface area contributed by atoms with Crippen molar-refractivity contribution in [2.75, 3.05) is 13.2 Å². The number of aliphatic carboxylic acids is 1. The third kappa shape index (κ3) is 4.29. The number of carboxylic acids is 1. The summed E-state index contributed by atoms with van der Waals surface area (Å²) in [7, 11) is 0. The second-order valence-corrected chi connectivity index (χ2v) is 7.74. The Morgan fingerprint density at radius 1 is 1.04 bits per heavy atom. The third-order valence-corrected chi connectivity index (χ3v) is 5.74. The van der Waals surface area contributed by atoms with Gasteiger partial charge in [-0.1, -0.05) is 0 Å². The van der Waals surface area contributed by atoms with Crippen molar-refractivity contribution in [2.45, 2.75) is 64.1 Å². The fourth-order valence-electron chi connectivity index (χ4n) is 4.26. The molecule has 0 saturated carbocycles. The second kappa shape index (κ2) is 8.63. The maximum absolute atomic E-state index is 12.6. The number of carboxylic acid groups (broad SMARTS) is 1. The average Bonchev–Trinajstić information content (AvgIpc) is 3.16. The van der Waals surface area contributed by atoms with E-state index in [2.05, 4.69) is 13.8 Å². The molecule has 2 unspecified atom stereocenters.